The van der Waals surface area contributed by atoms with E-state index >= 15 is 0 Å². The lowest BCUT2D eigenvalue weighted by Gasteiger charge is -2.03. The molecule has 2 N–H and O–H groups in total. The quantitative estimate of drug-likeness (QED) is 0.692. The molecule has 84 valence electrons. The Morgan fingerprint density at radius 1 is 1.50 bits per heavy atom. The van der Waals surface area contributed by atoms with Crippen molar-refractivity contribution in [3.05, 3.63) is 12.1 Å². The number of rotatable bonds is 4. The van der Waals surface area contributed by atoms with Crippen LogP contribution in [0.3, 0.4) is 0 Å². The zero-order valence-electron chi connectivity index (χ0n) is 8.71. The molecule has 0 saturated carbocycles. The molecule has 2 aromatic heterocycles. The van der Waals surface area contributed by atoms with E-state index in [1.165, 1.54) is 4.63 Å². The van der Waals surface area contributed by atoms with Gasteiger partial charge in [0.1, 0.15) is 5.82 Å². The Hall–Kier alpha value is -2.25. The van der Waals surface area contributed by atoms with E-state index in [4.69, 9.17) is 0 Å². The van der Waals surface area contributed by atoms with Crippen LogP contribution in [-0.4, -0.2) is 44.8 Å². The highest BCUT2D eigenvalue weighted by Crippen LogP contribution is 2.02. The fourth-order valence-electron chi connectivity index (χ4n) is 1.17. The van der Waals surface area contributed by atoms with Crippen LogP contribution in [-0.2, 0) is 4.79 Å². The Labute approximate surface area is 91.0 Å². The average Bonchev–Trinajstić information content (AvgIpc) is 2.76. The van der Waals surface area contributed by atoms with Crippen molar-refractivity contribution in [1.29, 1.82) is 0 Å². The van der Waals surface area contributed by atoms with Gasteiger partial charge in [-0.15, -0.1) is 14.8 Å². The van der Waals surface area contributed by atoms with Crippen LogP contribution in [0.15, 0.2) is 12.1 Å². The smallest absolute Gasteiger partial charge is 0.221 e. The maximum Gasteiger partial charge on any atom is 0.221 e. The molecule has 2 rings (SSSR count). The van der Waals surface area contributed by atoms with Gasteiger partial charge in [-0.05, 0) is 22.6 Å². The monoisotopic (exact) mass is 221 g/mol. The summed E-state index contributed by atoms with van der Waals surface area (Å²) < 4.78 is 1.32. The predicted octanol–water partition coefficient (Wildman–Crippen LogP) is -0.933. The number of carbonyl (C=O) groups is 1. The molecule has 0 aliphatic rings. The first-order valence-electron chi connectivity index (χ1n) is 4.79. The summed E-state index contributed by atoms with van der Waals surface area (Å²) in [4.78, 5) is 11.0. The number of fused-ring (bicyclic) bond motifs is 1. The molecule has 0 spiro atoms. The molecule has 8 nitrogen and oxygen atoms in total. The van der Waals surface area contributed by atoms with E-state index in [-0.39, 0.29) is 5.91 Å². The summed E-state index contributed by atoms with van der Waals surface area (Å²) in [7, 11) is 1.60. The molecular formula is C8H11N7O. The summed E-state index contributed by atoms with van der Waals surface area (Å²) >= 11 is 0. The second kappa shape index (κ2) is 4.51. The number of nitrogens with one attached hydrogen (secondary N) is 2. The largest absolute Gasteiger partial charge is 0.368 e. The number of carbonyl (C=O) groups excluding carboxylic acids is 1. The zero-order valence-corrected chi connectivity index (χ0v) is 8.71. The highest BCUT2D eigenvalue weighted by molar-refractivity contribution is 5.76. The minimum Gasteiger partial charge on any atom is -0.368 e. The summed E-state index contributed by atoms with van der Waals surface area (Å²) in [5.74, 6) is 0.611. The highest BCUT2D eigenvalue weighted by Gasteiger charge is 2.01. The van der Waals surface area contributed by atoms with E-state index in [1.807, 2.05) is 0 Å². The first-order chi connectivity index (χ1) is 7.79. The fourth-order valence-corrected chi connectivity index (χ4v) is 1.17. The number of amides is 1. The molecule has 2 heterocycles. The zero-order chi connectivity index (χ0) is 11.4. The molecule has 0 atom stereocenters. The van der Waals surface area contributed by atoms with Crippen LogP contribution in [0.25, 0.3) is 5.65 Å². The molecule has 8 heteroatoms. The molecule has 0 aromatic carbocycles. The number of anilines is 1. The summed E-state index contributed by atoms with van der Waals surface area (Å²) in [6.45, 7) is 0.514. The van der Waals surface area contributed by atoms with Crippen LogP contribution in [0.2, 0.25) is 0 Å². The van der Waals surface area contributed by atoms with Gasteiger partial charge in [0.05, 0.1) is 0 Å². The van der Waals surface area contributed by atoms with Gasteiger partial charge in [0, 0.05) is 20.0 Å². The highest BCUT2D eigenvalue weighted by atomic mass is 16.1. The minimum absolute atomic E-state index is 0.0176. The van der Waals surface area contributed by atoms with Crippen molar-refractivity contribution in [3.63, 3.8) is 0 Å². The van der Waals surface area contributed by atoms with Gasteiger partial charge in [-0.2, -0.15) is 0 Å². The van der Waals surface area contributed by atoms with Crippen molar-refractivity contribution >= 4 is 17.4 Å². The summed E-state index contributed by atoms with van der Waals surface area (Å²) in [6, 6.07) is 3.50. The van der Waals surface area contributed by atoms with Crippen LogP contribution in [0, 0.1) is 0 Å². The Morgan fingerprint density at radius 3 is 3.19 bits per heavy atom. The van der Waals surface area contributed by atoms with Crippen molar-refractivity contribution in [2.24, 2.45) is 0 Å². The maximum atomic E-state index is 11.0. The van der Waals surface area contributed by atoms with Crippen molar-refractivity contribution < 1.29 is 4.79 Å². The molecule has 0 unspecified atom stereocenters. The molecule has 0 saturated heterocycles. The number of aromatic nitrogens is 5. The molecular weight excluding hydrogens is 210 g/mol. The van der Waals surface area contributed by atoms with Gasteiger partial charge in [0.15, 0.2) is 5.65 Å². The average molecular weight is 221 g/mol. The van der Waals surface area contributed by atoms with E-state index < -0.39 is 0 Å². The van der Waals surface area contributed by atoms with Gasteiger partial charge >= 0.3 is 0 Å². The number of hydrogen-bond donors (Lipinski definition) is 2. The Morgan fingerprint density at radius 2 is 2.38 bits per heavy atom. The van der Waals surface area contributed by atoms with Crippen LogP contribution in [0.4, 0.5) is 5.82 Å². The van der Waals surface area contributed by atoms with E-state index in [9.17, 15) is 4.79 Å². The molecule has 2 aromatic rings. The number of tetrazole rings is 1. The maximum absolute atomic E-state index is 11.0. The SMILES string of the molecule is CNC(=O)CCNc1ccc2nnnn2n1. The third-order valence-electron chi connectivity index (χ3n) is 2.01. The van der Waals surface area contributed by atoms with E-state index in [2.05, 4.69) is 31.3 Å². The molecule has 16 heavy (non-hydrogen) atoms. The molecule has 0 aliphatic heterocycles. The molecule has 0 fully saturated rings. The van der Waals surface area contributed by atoms with Crippen molar-refractivity contribution in [2.45, 2.75) is 6.42 Å². The predicted molar refractivity (Wildman–Crippen MR) is 55.8 cm³/mol. The van der Waals surface area contributed by atoms with Gasteiger partial charge < -0.3 is 10.6 Å². The third kappa shape index (κ3) is 2.22. The Kier molecular flexibility index (Phi) is 2.90. The summed E-state index contributed by atoms with van der Waals surface area (Å²) in [5, 5.41) is 20.5. The van der Waals surface area contributed by atoms with Crippen LogP contribution in [0.5, 0.6) is 0 Å². The first-order valence-corrected chi connectivity index (χ1v) is 4.79. The second-order valence-electron chi connectivity index (χ2n) is 3.10. The van der Waals surface area contributed by atoms with Gasteiger partial charge in [0.25, 0.3) is 0 Å². The topological polar surface area (TPSA) is 97.1 Å². The lowest BCUT2D eigenvalue weighted by molar-refractivity contribution is -0.120. The lowest BCUT2D eigenvalue weighted by atomic mass is 10.4. The molecule has 1 amide bonds. The summed E-state index contributed by atoms with van der Waals surface area (Å²) in [6.07, 6.45) is 0.395. The van der Waals surface area contributed by atoms with Crippen LogP contribution >= 0.6 is 0 Å². The van der Waals surface area contributed by atoms with Gasteiger partial charge in [-0.25, -0.2) is 0 Å². The van der Waals surface area contributed by atoms with Crippen LogP contribution < -0.4 is 10.6 Å². The van der Waals surface area contributed by atoms with E-state index in [0.29, 0.717) is 24.4 Å². The molecule has 0 bridgehead atoms. The van der Waals surface area contributed by atoms with Gasteiger partial charge in [-0.1, -0.05) is 0 Å². The Bertz CT molecular complexity index is 494. The Balaban J connectivity index is 1.96. The van der Waals surface area contributed by atoms with Crippen molar-refractivity contribution in [2.75, 3.05) is 18.9 Å². The van der Waals surface area contributed by atoms with E-state index in [0.717, 1.165) is 0 Å². The molecule has 0 radical (unpaired) electrons. The van der Waals surface area contributed by atoms with Crippen molar-refractivity contribution in [1.82, 2.24) is 30.6 Å². The van der Waals surface area contributed by atoms with Crippen LogP contribution in [0.1, 0.15) is 6.42 Å². The third-order valence-corrected chi connectivity index (χ3v) is 2.01. The van der Waals surface area contributed by atoms with Gasteiger partial charge in [-0.3, -0.25) is 4.79 Å². The van der Waals surface area contributed by atoms with Crippen molar-refractivity contribution in [3.8, 4) is 0 Å². The second-order valence-corrected chi connectivity index (χ2v) is 3.10. The van der Waals surface area contributed by atoms with E-state index in [1.54, 1.807) is 19.2 Å². The summed E-state index contributed by atoms with van der Waals surface area (Å²) in [5.41, 5.74) is 0.580. The minimum atomic E-state index is -0.0176. The number of nitrogens with zero attached hydrogens (tertiary/aromatic N) is 5. The standard InChI is InChI=1S/C8H11N7O/c1-9-8(16)4-5-10-6-2-3-7-11-13-14-15(7)12-6/h2-3H,4-5H2,1H3,(H,9,16)(H,10,12). The number of hydrogen-bond acceptors (Lipinski definition) is 6. The first kappa shape index (κ1) is 10.3. The van der Waals surface area contributed by atoms with Gasteiger partial charge in [0.2, 0.25) is 5.91 Å². The lowest BCUT2D eigenvalue weighted by Crippen LogP contribution is -2.21. The fraction of sp³-hybridized carbons (Fsp3) is 0.375. The molecule has 0 aliphatic carbocycles. The normalized spacial score (nSPS) is 10.3.